The molecule has 68 valence electrons. The normalized spacial score (nSPS) is 9.31. The number of nitrogens with one attached hydrogen (secondary N) is 1. The van der Waals surface area contributed by atoms with Crippen molar-refractivity contribution in [3.8, 4) is 12.3 Å². The highest BCUT2D eigenvalue weighted by Gasteiger charge is 2.05. The van der Waals surface area contributed by atoms with Gasteiger partial charge < -0.3 is 5.32 Å². The molecule has 1 aromatic rings. The van der Waals surface area contributed by atoms with Crippen molar-refractivity contribution in [1.82, 2.24) is 9.78 Å². The number of aromatic nitrogens is 2. The Bertz CT molecular complexity index is 405. The molecular formula is C8H8BrN3O. The van der Waals surface area contributed by atoms with Gasteiger partial charge in [0.25, 0.3) is 5.56 Å². The third kappa shape index (κ3) is 1.90. The molecule has 1 rings (SSSR count). The zero-order valence-corrected chi connectivity index (χ0v) is 8.63. The number of hydrogen-bond acceptors (Lipinski definition) is 3. The maximum absolute atomic E-state index is 11.5. The standard InChI is InChI=1S/C8H8BrN3O/c1-3-4-12-8(13)7(9)6(10-2)5-11-12/h1,5,10H,4H2,2H3. The summed E-state index contributed by atoms with van der Waals surface area (Å²) in [5.74, 6) is 2.35. The lowest BCUT2D eigenvalue weighted by molar-refractivity contribution is 0.660. The Labute approximate surface area is 84.1 Å². The van der Waals surface area contributed by atoms with Crippen LogP contribution in [-0.4, -0.2) is 16.8 Å². The molecular weight excluding hydrogens is 234 g/mol. The molecule has 0 atom stereocenters. The van der Waals surface area contributed by atoms with E-state index < -0.39 is 0 Å². The second-order valence-corrected chi connectivity index (χ2v) is 3.08. The van der Waals surface area contributed by atoms with E-state index in [9.17, 15) is 4.79 Å². The molecule has 0 aliphatic rings. The van der Waals surface area contributed by atoms with E-state index in [1.165, 1.54) is 4.68 Å². The van der Waals surface area contributed by atoms with Crippen LogP contribution in [0, 0.1) is 12.3 Å². The van der Waals surface area contributed by atoms with Gasteiger partial charge in [-0.25, -0.2) is 4.68 Å². The number of rotatable bonds is 2. The average Bonchev–Trinajstić information content (AvgIpc) is 2.14. The molecule has 1 N–H and O–H groups in total. The molecule has 0 saturated carbocycles. The summed E-state index contributed by atoms with van der Waals surface area (Å²) >= 11 is 3.16. The molecule has 0 unspecified atom stereocenters. The molecule has 0 saturated heterocycles. The van der Waals surface area contributed by atoms with Gasteiger partial charge in [-0.1, -0.05) is 5.92 Å². The van der Waals surface area contributed by atoms with E-state index in [1.807, 2.05) is 0 Å². The predicted octanol–water partition coefficient (Wildman–Crippen LogP) is 0.681. The molecule has 1 aromatic heterocycles. The Morgan fingerprint density at radius 1 is 1.85 bits per heavy atom. The SMILES string of the molecule is C#CCn1ncc(NC)c(Br)c1=O. The summed E-state index contributed by atoms with van der Waals surface area (Å²) in [5.41, 5.74) is 0.420. The number of hydrogen-bond donors (Lipinski definition) is 1. The fourth-order valence-electron chi connectivity index (χ4n) is 0.838. The minimum Gasteiger partial charge on any atom is -0.386 e. The molecule has 0 aliphatic carbocycles. The molecule has 1 heterocycles. The van der Waals surface area contributed by atoms with Gasteiger partial charge in [-0.05, 0) is 15.9 Å². The third-order valence-electron chi connectivity index (χ3n) is 1.50. The van der Waals surface area contributed by atoms with Gasteiger partial charge >= 0.3 is 0 Å². The van der Waals surface area contributed by atoms with E-state index >= 15 is 0 Å². The molecule has 4 nitrogen and oxygen atoms in total. The lowest BCUT2D eigenvalue weighted by atomic mass is 10.4. The van der Waals surface area contributed by atoms with Crippen molar-refractivity contribution in [2.24, 2.45) is 0 Å². The molecule has 0 fully saturated rings. The van der Waals surface area contributed by atoms with Crippen LogP contribution in [0.15, 0.2) is 15.5 Å². The fourth-order valence-corrected chi connectivity index (χ4v) is 1.34. The van der Waals surface area contributed by atoms with Gasteiger partial charge in [0.2, 0.25) is 0 Å². The van der Waals surface area contributed by atoms with Crippen molar-refractivity contribution in [3.63, 3.8) is 0 Å². The number of anilines is 1. The van der Waals surface area contributed by atoms with E-state index in [1.54, 1.807) is 13.2 Å². The first-order valence-electron chi connectivity index (χ1n) is 3.57. The van der Waals surface area contributed by atoms with Gasteiger partial charge in [-0.15, -0.1) is 6.42 Å². The Morgan fingerprint density at radius 3 is 3.08 bits per heavy atom. The highest BCUT2D eigenvalue weighted by atomic mass is 79.9. The van der Waals surface area contributed by atoms with Gasteiger partial charge in [0.05, 0.1) is 11.9 Å². The number of halogens is 1. The Balaban J connectivity index is 3.25. The second-order valence-electron chi connectivity index (χ2n) is 2.29. The molecule has 0 aliphatic heterocycles. The number of terminal acetylenes is 1. The second kappa shape index (κ2) is 4.10. The third-order valence-corrected chi connectivity index (χ3v) is 2.26. The largest absolute Gasteiger partial charge is 0.386 e. The molecule has 0 aromatic carbocycles. The zero-order chi connectivity index (χ0) is 9.84. The summed E-state index contributed by atoms with van der Waals surface area (Å²) in [4.78, 5) is 11.5. The summed E-state index contributed by atoms with van der Waals surface area (Å²) in [6.07, 6.45) is 6.61. The summed E-state index contributed by atoms with van der Waals surface area (Å²) in [6.45, 7) is 0.182. The van der Waals surface area contributed by atoms with Crippen molar-refractivity contribution in [3.05, 3.63) is 21.0 Å². The van der Waals surface area contributed by atoms with E-state index in [-0.39, 0.29) is 12.1 Å². The van der Waals surface area contributed by atoms with E-state index in [0.717, 1.165) is 0 Å². The van der Waals surface area contributed by atoms with Crippen molar-refractivity contribution in [2.75, 3.05) is 12.4 Å². The van der Waals surface area contributed by atoms with Gasteiger partial charge in [0, 0.05) is 7.05 Å². The van der Waals surface area contributed by atoms with Crippen molar-refractivity contribution < 1.29 is 0 Å². The summed E-state index contributed by atoms with van der Waals surface area (Å²) in [5, 5.41) is 6.70. The van der Waals surface area contributed by atoms with Gasteiger partial charge in [0.15, 0.2) is 0 Å². The fraction of sp³-hybridized carbons (Fsp3) is 0.250. The van der Waals surface area contributed by atoms with Crippen LogP contribution in [0.4, 0.5) is 5.69 Å². The number of nitrogens with zero attached hydrogens (tertiary/aromatic N) is 2. The van der Waals surface area contributed by atoms with Gasteiger partial charge in [0.1, 0.15) is 11.0 Å². The van der Waals surface area contributed by atoms with E-state index in [4.69, 9.17) is 6.42 Å². The molecule has 5 heteroatoms. The highest BCUT2D eigenvalue weighted by Crippen LogP contribution is 2.14. The molecule has 0 amide bonds. The van der Waals surface area contributed by atoms with E-state index in [0.29, 0.717) is 10.2 Å². The van der Waals surface area contributed by atoms with Crippen LogP contribution in [0.3, 0.4) is 0 Å². The van der Waals surface area contributed by atoms with Crippen LogP contribution in [-0.2, 0) is 6.54 Å². The average molecular weight is 242 g/mol. The smallest absolute Gasteiger partial charge is 0.284 e. The summed E-state index contributed by atoms with van der Waals surface area (Å²) in [7, 11) is 1.72. The molecule has 0 bridgehead atoms. The lowest BCUT2D eigenvalue weighted by Gasteiger charge is -2.04. The molecule has 0 spiro atoms. The Kier molecular flexibility index (Phi) is 3.09. The topological polar surface area (TPSA) is 46.9 Å². The van der Waals surface area contributed by atoms with Crippen LogP contribution < -0.4 is 10.9 Å². The van der Waals surface area contributed by atoms with Crippen LogP contribution in [0.2, 0.25) is 0 Å². The minimum absolute atomic E-state index is 0.182. The first-order valence-corrected chi connectivity index (χ1v) is 4.37. The zero-order valence-electron chi connectivity index (χ0n) is 7.04. The van der Waals surface area contributed by atoms with Crippen molar-refractivity contribution in [2.45, 2.75) is 6.54 Å². The highest BCUT2D eigenvalue weighted by molar-refractivity contribution is 9.10. The minimum atomic E-state index is -0.232. The van der Waals surface area contributed by atoms with Gasteiger partial charge in [-0.2, -0.15) is 5.10 Å². The van der Waals surface area contributed by atoms with Gasteiger partial charge in [-0.3, -0.25) is 4.79 Å². The molecule has 13 heavy (non-hydrogen) atoms. The van der Waals surface area contributed by atoms with Crippen LogP contribution in [0.5, 0.6) is 0 Å². The van der Waals surface area contributed by atoms with Crippen LogP contribution in [0.25, 0.3) is 0 Å². The van der Waals surface area contributed by atoms with Crippen molar-refractivity contribution in [1.29, 1.82) is 0 Å². The lowest BCUT2D eigenvalue weighted by Crippen LogP contribution is -2.23. The first kappa shape index (κ1) is 9.81. The maximum Gasteiger partial charge on any atom is 0.284 e. The first-order chi connectivity index (χ1) is 6.20. The van der Waals surface area contributed by atoms with Crippen molar-refractivity contribution >= 4 is 21.6 Å². The predicted molar refractivity (Wildman–Crippen MR) is 54.6 cm³/mol. The maximum atomic E-state index is 11.5. The van der Waals surface area contributed by atoms with E-state index in [2.05, 4.69) is 32.3 Å². The Morgan fingerprint density at radius 2 is 2.54 bits per heavy atom. The molecule has 0 radical (unpaired) electrons. The summed E-state index contributed by atoms with van der Waals surface area (Å²) < 4.78 is 1.66. The Hall–Kier alpha value is -1.28. The van der Waals surface area contributed by atoms with Crippen LogP contribution in [0.1, 0.15) is 0 Å². The quantitative estimate of drug-likeness (QED) is 0.776. The van der Waals surface area contributed by atoms with Crippen LogP contribution >= 0.6 is 15.9 Å². The summed E-state index contributed by atoms with van der Waals surface area (Å²) in [6, 6.07) is 0. The monoisotopic (exact) mass is 241 g/mol.